The van der Waals surface area contributed by atoms with Crippen molar-refractivity contribution in [3.63, 3.8) is 0 Å². The number of hydrogen-bond donors (Lipinski definition) is 1. The number of hydrogen-bond acceptors (Lipinski definition) is 2. The molecule has 0 saturated carbocycles. The quantitative estimate of drug-likeness (QED) is 0.354. The Balaban J connectivity index is -0.000000177. The molecule has 5 heteroatoms. The Morgan fingerprint density at radius 1 is 1.12 bits per heavy atom. The van der Waals surface area contributed by atoms with Crippen molar-refractivity contribution in [2.24, 2.45) is 0 Å². The molecule has 0 bridgehead atoms. The minimum absolute atomic E-state index is 0.163. The summed E-state index contributed by atoms with van der Waals surface area (Å²) in [6.07, 6.45) is 11.3. The molecule has 102 valence electrons. The van der Waals surface area contributed by atoms with Gasteiger partial charge in [0.1, 0.15) is 0 Å². The Hall–Kier alpha value is 0.290. The van der Waals surface area contributed by atoms with Crippen LogP contribution in [0, 0.1) is 0 Å². The third-order valence-electron chi connectivity index (χ3n) is 1.16. The lowest BCUT2D eigenvalue weighted by atomic mass is 10.6. The van der Waals surface area contributed by atoms with Crippen molar-refractivity contribution in [3.05, 3.63) is 36.5 Å². The molecular weight excluding hydrogens is 274 g/mol. The van der Waals surface area contributed by atoms with Crippen LogP contribution in [-0.4, -0.2) is 24.2 Å². The summed E-state index contributed by atoms with van der Waals surface area (Å²) in [4.78, 5) is 0. The van der Waals surface area contributed by atoms with Crippen LogP contribution in [0.3, 0.4) is 0 Å². The Bertz CT molecular complexity index is 171. The fourth-order valence-corrected chi connectivity index (χ4v) is 1.05. The molecule has 0 amide bonds. The van der Waals surface area contributed by atoms with Crippen molar-refractivity contribution in [3.8, 4) is 0 Å². The minimum Gasteiger partial charge on any atom is -0.392 e. The molecule has 0 aliphatic carbocycles. The molecule has 0 aromatic heterocycles. The Morgan fingerprint density at radius 3 is 1.82 bits per heavy atom. The van der Waals surface area contributed by atoms with E-state index in [1.165, 1.54) is 0 Å². The monoisotopic (exact) mass is 298 g/mol. The van der Waals surface area contributed by atoms with Gasteiger partial charge in [0.2, 0.25) is 0 Å². The molecule has 1 N–H and O–H groups in total. The zero-order valence-corrected chi connectivity index (χ0v) is 13.8. The maximum Gasteiger partial charge on any atom is 0.0691 e. The number of alkyl halides is 1. The summed E-state index contributed by atoms with van der Waals surface area (Å²) >= 11 is 5.21. The van der Waals surface area contributed by atoms with Gasteiger partial charge in [-0.05, 0) is 20.8 Å². The molecule has 2 unspecified atom stereocenters. The Kier molecular flexibility index (Phi) is 39.5. The third kappa shape index (κ3) is 48.4. The van der Waals surface area contributed by atoms with Crippen molar-refractivity contribution in [2.45, 2.75) is 20.8 Å². The fraction of sp³-hybridized carbons (Fsp3) is 0.500. The number of rotatable bonds is 5. The Morgan fingerprint density at radius 2 is 1.65 bits per heavy atom. The molecule has 0 aromatic carbocycles. The van der Waals surface area contributed by atoms with E-state index in [4.69, 9.17) is 21.2 Å². The highest BCUT2D eigenvalue weighted by molar-refractivity contribution is 8.00. The first-order valence-electron chi connectivity index (χ1n) is 5.32. The van der Waals surface area contributed by atoms with Gasteiger partial charge in [-0.3, -0.25) is 0 Å². The Labute approximate surface area is 115 Å². The summed E-state index contributed by atoms with van der Waals surface area (Å²) in [6, 6.07) is 0. The van der Waals surface area contributed by atoms with Crippen LogP contribution in [0.4, 0.5) is 0 Å². The highest BCUT2D eigenvalue weighted by atomic mass is 35.5. The maximum absolute atomic E-state index is 7.98. The average Bonchev–Trinajstić information content (AvgIpc) is 2.33. The van der Waals surface area contributed by atoms with E-state index in [2.05, 4.69) is 8.93 Å². The van der Waals surface area contributed by atoms with E-state index in [9.17, 15) is 0 Å². The second-order valence-corrected chi connectivity index (χ2v) is 4.01. The second-order valence-electron chi connectivity index (χ2n) is 2.47. The topological polar surface area (TPSA) is 29.5 Å². The van der Waals surface area contributed by atoms with Crippen LogP contribution in [0.2, 0.25) is 0 Å². The number of allylic oxidation sites excluding steroid dienone is 4. The van der Waals surface area contributed by atoms with Gasteiger partial charge in [0.05, 0.1) is 13.2 Å². The van der Waals surface area contributed by atoms with Gasteiger partial charge < -0.3 is 9.63 Å². The van der Waals surface area contributed by atoms with Gasteiger partial charge in [-0.15, -0.1) is 11.6 Å². The van der Waals surface area contributed by atoms with Crippen LogP contribution >= 0.6 is 29.0 Å². The van der Waals surface area contributed by atoms with Crippen LogP contribution in [0.15, 0.2) is 36.5 Å². The number of aliphatic hydroxyl groups excluding tert-OH is 1. The van der Waals surface area contributed by atoms with Gasteiger partial charge in [0.25, 0.3) is 0 Å². The molecule has 0 fully saturated rings. The minimum atomic E-state index is 0.163. The summed E-state index contributed by atoms with van der Waals surface area (Å²) in [7, 11) is 3.05. The summed E-state index contributed by atoms with van der Waals surface area (Å²) in [5.74, 6) is 0.635. The smallest absolute Gasteiger partial charge is 0.0691 e. The zero-order chi connectivity index (χ0) is 13.8. The first kappa shape index (κ1) is 22.5. The van der Waals surface area contributed by atoms with Crippen LogP contribution in [0.5, 0.6) is 0 Å². The fourth-order valence-electron chi connectivity index (χ4n) is 0.387. The molecule has 17 heavy (non-hydrogen) atoms. The van der Waals surface area contributed by atoms with Crippen LogP contribution in [-0.2, 0) is 4.52 Å². The lowest BCUT2D eigenvalue weighted by molar-refractivity contribution is 0.342. The first-order chi connectivity index (χ1) is 8.24. The van der Waals surface area contributed by atoms with Gasteiger partial charge in [-0.1, -0.05) is 45.4 Å². The molecular formula is C12H25ClO2P2. The van der Waals surface area contributed by atoms with E-state index in [-0.39, 0.29) is 6.61 Å². The molecule has 0 heterocycles. The number of aliphatic hydroxyl groups is 1. The van der Waals surface area contributed by atoms with Crippen LogP contribution in [0.1, 0.15) is 20.8 Å². The maximum atomic E-state index is 7.98. The summed E-state index contributed by atoms with van der Waals surface area (Å²) in [5.41, 5.74) is 0. The first-order valence-corrected chi connectivity index (χ1v) is 8.57. The van der Waals surface area contributed by atoms with Crippen molar-refractivity contribution in [2.75, 3.05) is 19.1 Å². The molecule has 0 rings (SSSR count). The third-order valence-corrected chi connectivity index (χ3v) is 2.18. The van der Waals surface area contributed by atoms with Crippen molar-refractivity contribution in [1.82, 2.24) is 0 Å². The molecule has 2 atom stereocenters. The molecule has 0 saturated heterocycles. The predicted octanol–water partition coefficient (Wildman–Crippen LogP) is 4.32. The van der Waals surface area contributed by atoms with Gasteiger partial charge in [0, 0.05) is 14.4 Å². The van der Waals surface area contributed by atoms with Crippen LogP contribution in [0.25, 0.3) is 0 Å². The van der Waals surface area contributed by atoms with E-state index in [0.717, 1.165) is 6.61 Å². The largest absolute Gasteiger partial charge is 0.392 e. The van der Waals surface area contributed by atoms with Crippen LogP contribution < -0.4 is 0 Å². The van der Waals surface area contributed by atoms with Gasteiger partial charge >= 0.3 is 0 Å². The van der Waals surface area contributed by atoms with E-state index < -0.39 is 0 Å². The summed E-state index contributed by atoms with van der Waals surface area (Å²) < 4.78 is 4.98. The highest BCUT2D eigenvalue weighted by Crippen LogP contribution is 2.20. The summed E-state index contributed by atoms with van der Waals surface area (Å²) in [6.45, 7) is 6.71. The molecule has 2 nitrogen and oxygen atoms in total. The molecule has 0 aromatic rings. The molecule has 0 aliphatic rings. The molecule has 0 radical (unpaired) electrons. The lowest BCUT2D eigenvalue weighted by Crippen LogP contribution is -1.71. The second kappa shape index (κ2) is 29.9. The summed E-state index contributed by atoms with van der Waals surface area (Å²) in [5, 5.41) is 7.98. The zero-order valence-electron chi connectivity index (χ0n) is 10.9. The van der Waals surface area contributed by atoms with Crippen molar-refractivity contribution >= 4 is 29.0 Å². The lowest BCUT2D eigenvalue weighted by Gasteiger charge is -1.89. The normalized spacial score (nSPS) is 10.9. The van der Waals surface area contributed by atoms with E-state index in [0.29, 0.717) is 14.4 Å². The van der Waals surface area contributed by atoms with E-state index in [1.54, 1.807) is 12.2 Å². The highest BCUT2D eigenvalue weighted by Gasteiger charge is 1.70. The predicted molar refractivity (Wildman–Crippen MR) is 86.2 cm³/mol. The van der Waals surface area contributed by atoms with E-state index >= 15 is 0 Å². The van der Waals surface area contributed by atoms with E-state index in [1.807, 2.05) is 45.1 Å². The average molecular weight is 299 g/mol. The van der Waals surface area contributed by atoms with Crippen molar-refractivity contribution in [1.29, 1.82) is 0 Å². The van der Waals surface area contributed by atoms with Crippen molar-refractivity contribution < 1.29 is 9.63 Å². The SMILES string of the molecule is C/C=C/CCl.C/C=C/CO.C/C=C/COPP. The molecule has 0 aliphatic heterocycles. The van der Waals surface area contributed by atoms with Gasteiger partial charge in [-0.2, -0.15) is 0 Å². The van der Waals surface area contributed by atoms with Gasteiger partial charge in [-0.25, -0.2) is 0 Å². The number of halogens is 1. The molecule has 0 spiro atoms. The van der Waals surface area contributed by atoms with Gasteiger partial charge in [0.15, 0.2) is 0 Å². The standard InChI is InChI=1S/C4H7Cl.C4H10OP2.C4H8O/c1-2-3-4-5;1-2-3-4-5-7-6;1-2-3-4-5/h2-3H,4H2,1H3;2-3,7H,4,6H2,1H3;2-3,5H,4H2,1H3/b3*3-2+.